The van der Waals surface area contributed by atoms with Crippen molar-refractivity contribution in [2.45, 2.75) is 19.8 Å². The second-order valence-corrected chi connectivity index (χ2v) is 8.48. The van der Waals surface area contributed by atoms with E-state index in [1.165, 1.54) is 0 Å². The molecule has 1 aliphatic heterocycles. The van der Waals surface area contributed by atoms with E-state index in [1.54, 1.807) is 4.90 Å². The van der Waals surface area contributed by atoms with E-state index >= 15 is 0 Å². The molecule has 0 unspecified atom stereocenters. The minimum absolute atomic E-state index is 0.0140. The number of amides is 2. The lowest BCUT2D eigenvalue weighted by Crippen LogP contribution is -2.28. The van der Waals surface area contributed by atoms with Crippen molar-refractivity contribution in [3.05, 3.63) is 96.6 Å². The Kier molecular flexibility index (Phi) is 6.00. The summed E-state index contributed by atoms with van der Waals surface area (Å²) in [6.07, 6.45) is 1.05. The summed E-state index contributed by atoms with van der Waals surface area (Å²) >= 11 is 0. The fourth-order valence-electron chi connectivity index (χ4n) is 4.45. The van der Waals surface area contributed by atoms with E-state index in [4.69, 9.17) is 4.74 Å². The highest BCUT2D eigenvalue weighted by atomic mass is 16.5. The van der Waals surface area contributed by atoms with Crippen LogP contribution in [0.25, 0.3) is 10.8 Å². The number of fused-ring (bicyclic) bond motifs is 1. The Hall–Kier alpha value is -4.12. The number of aryl methyl sites for hydroxylation is 1. The van der Waals surface area contributed by atoms with Crippen LogP contribution in [-0.4, -0.2) is 18.4 Å². The number of carbonyl (C=O) groups excluding carboxylic acids is 2. The van der Waals surface area contributed by atoms with E-state index in [-0.39, 0.29) is 24.2 Å². The number of para-hydroxylation sites is 1. The highest BCUT2D eigenvalue weighted by Crippen LogP contribution is 2.31. The van der Waals surface area contributed by atoms with Gasteiger partial charge in [0.15, 0.2) is 0 Å². The molecule has 1 atom stereocenters. The van der Waals surface area contributed by atoms with Crippen LogP contribution in [0, 0.1) is 5.92 Å². The SMILES string of the molecule is CCc1ccccc1N1C[C@H](C(=O)Nc2ccc(Oc3cccc4ccccc34)cc2)CC1=O. The predicted octanol–water partition coefficient (Wildman–Crippen LogP) is 6.19. The molecule has 0 aliphatic carbocycles. The van der Waals surface area contributed by atoms with E-state index < -0.39 is 0 Å². The van der Waals surface area contributed by atoms with Crippen LogP contribution in [0.5, 0.6) is 11.5 Å². The van der Waals surface area contributed by atoms with Gasteiger partial charge in [0.05, 0.1) is 5.92 Å². The molecule has 170 valence electrons. The molecule has 0 spiro atoms. The molecule has 2 amide bonds. The summed E-state index contributed by atoms with van der Waals surface area (Å²) in [6.45, 7) is 2.46. The summed E-state index contributed by atoms with van der Waals surface area (Å²) in [5.41, 5.74) is 2.69. The minimum atomic E-state index is -0.385. The van der Waals surface area contributed by atoms with Crippen LogP contribution in [0.2, 0.25) is 0 Å². The molecule has 0 radical (unpaired) electrons. The lowest BCUT2D eigenvalue weighted by atomic mass is 10.1. The van der Waals surface area contributed by atoms with Crippen molar-refractivity contribution in [1.29, 1.82) is 0 Å². The van der Waals surface area contributed by atoms with Crippen LogP contribution in [0.15, 0.2) is 91.0 Å². The van der Waals surface area contributed by atoms with Gasteiger partial charge in [-0.3, -0.25) is 9.59 Å². The van der Waals surface area contributed by atoms with Gasteiger partial charge in [-0.05, 0) is 53.8 Å². The van der Waals surface area contributed by atoms with Crippen LogP contribution in [0.4, 0.5) is 11.4 Å². The summed E-state index contributed by atoms with van der Waals surface area (Å²) in [4.78, 5) is 27.3. The molecule has 1 heterocycles. The Labute approximate surface area is 199 Å². The van der Waals surface area contributed by atoms with Gasteiger partial charge in [0.1, 0.15) is 11.5 Å². The number of carbonyl (C=O) groups is 2. The van der Waals surface area contributed by atoms with Gasteiger partial charge in [0.25, 0.3) is 0 Å². The fourth-order valence-corrected chi connectivity index (χ4v) is 4.45. The molecule has 34 heavy (non-hydrogen) atoms. The molecule has 1 fully saturated rings. The third-order valence-corrected chi connectivity index (χ3v) is 6.26. The molecule has 5 heteroatoms. The Morgan fingerprint density at radius 2 is 1.68 bits per heavy atom. The van der Waals surface area contributed by atoms with Crippen molar-refractivity contribution >= 4 is 34.0 Å². The topological polar surface area (TPSA) is 58.6 Å². The Morgan fingerprint density at radius 1 is 0.941 bits per heavy atom. The van der Waals surface area contributed by atoms with Crippen molar-refractivity contribution in [3.8, 4) is 11.5 Å². The molecule has 1 saturated heterocycles. The summed E-state index contributed by atoms with van der Waals surface area (Å²) in [7, 11) is 0. The van der Waals surface area contributed by atoms with Gasteiger partial charge < -0.3 is 15.0 Å². The van der Waals surface area contributed by atoms with Crippen molar-refractivity contribution < 1.29 is 14.3 Å². The minimum Gasteiger partial charge on any atom is -0.457 e. The van der Waals surface area contributed by atoms with E-state index in [2.05, 4.69) is 24.4 Å². The first-order chi connectivity index (χ1) is 16.6. The Balaban J connectivity index is 1.24. The number of hydrogen-bond acceptors (Lipinski definition) is 3. The van der Waals surface area contributed by atoms with Gasteiger partial charge in [-0.2, -0.15) is 0 Å². The number of anilines is 2. The molecule has 0 saturated carbocycles. The number of rotatable bonds is 6. The van der Waals surface area contributed by atoms with Crippen LogP contribution >= 0.6 is 0 Å². The van der Waals surface area contributed by atoms with Crippen molar-refractivity contribution in [2.24, 2.45) is 5.92 Å². The average molecular weight is 451 g/mol. The summed E-state index contributed by atoms with van der Waals surface area (Å²) < 4.78 is 6.09. The lowest BCUT2D eigenvalue weighted by molar-refractivity contribution is -0.122. The first kappa shape index (κ1) is 21.7. The van der Waals surface area contributed by atoms with Gasteiger partial charge in [-0.25, -0.2) is 0 Å². The number of ether oxygens (including phenoxy) is 1. The number of benzene rings is 4. The first-order valence-corrected chi connectivity index (χ1v) is 11.6. The quantitative estimate of drug-likeness (QED) is 0.381. The van der Waals surface area contributed by atoms with Crippen molar-refractivity contribution in [2.75, 3.05) is 16.8 Å². The van der Waals surface area contributed by atoms with Gasteiger partial charge in [0.2, 0.25) is 11.8 Å². The normalized spacial score (nSPS) is 15.5. The molecule has 5 nitrogen and oxygen atoms in total. The second kappa shape index (κ2) is 9.40. The van der Waals surface area contributed by atoms with Gasteiger partial charge in [-0.15, -0.1) is 0 Å². The van der Waals surface area contributed by atoms with E-state index in [9.17, 15) is 9.59 Å². The zero-order chi connectivity index (χ0) is 23.5. The first-order valence-electron chi connectivity index (χ1n) is 11.6. The molecule has 1 aliphatic rings. The molecule has 4 aromatic rings. The number of nitrogens with one attached hydrogen (secondary N) is 1. The maximum absolute atomic E-state index is 12.9. The highest BCUT2D eigenvalue weighted by Gasteiger charge is 2.35. The number of hydrogen-bond donors (Lipinski definition) is 1. The zero-order valence-electron chi connectivity index (χ0n) is 19.0. The van der Waals surface area contributed by atoms with Crippen LogP contribution in [0.1, 0.15) is 18.9 Å². The third kappa shape index (κ3) is 4.37. The summed E-state index contributed by atoms with van der Waals surface area (Å²) in [6, 6.07) is 29.2. The van der Waals surface area contributed by atoms with Crippen molar-refractivity contribution in [1.82, 2.24) is 0 Å². The Bertz CT molecular complexity index is 1340. The molecular weight excluding hydrogens is 424 g/mol. The zero-order valence-corrected chi connectivity index (χ0v) is 19.0. The maximum Gasteiger partial charge on any atom is 0.229 e. The molecule has 0 aromatic heterocycles. The lowest BCUT2D eigenvalue weighted by Gasteiger charge is -2.20. The van der Waals surface area contributed by atoms with E-state index in [0.29, 0.717) is 18.0 Å². The molecule has 4 aromatic carbocycles. The average Bonchev–Trinajstić information content (AvgIpc) is 3.27. The standard InChI is InChI=1S/C29H26N2O3/c1-2-20-8-4-6-12-26(20)31-19-22(18-28(31)32)29(33)30-23-14-16-24(17-15-23)34-27-13-7-10-21-9-3-5-11-25(21)27/h3-17,22H,2,18-19H2,1H3,(H,30,33)/t22-/m1/s1. The largest absolute Gasteiger partial charge is 0.457 e. The molecule has 5 rings (SSSR count). The van der Waals surface area contributed by atoms with Crippen LogP contribution in [-0.2, 0) is 16.0 Å². The molecule has 0 bridgehead atoms. The highest BCUT2D eigenvalue weighted by molar-refractivity contribution is 6.03. The summed E-state index contributed by atoms with van der Waals surface area (Å²) in [5, 5.41) is 5.11. The van der Waals surface area contributed by atoms with E-state index in [1.807, 2.05) is 78.9 Å². The summed E-state index contributed by atoms with van der Waals surface area (Å²) in [5.74, 6) is 0.927. The third-order valence-electron chi connectivity index (χ3n) is 6.26. The monoisotopic (exact) mass is 450 g/mol. The van der Waals surface area contributed by atoms with Crippen LogP contribution in [0.3, 0.4) is 0 Å². The maximum atomic E-state index is 12.9. The second-order valence-electron chi connectivity index (χ2n) is 8.48. The Morgan fingerprint density at radius 3 is 2.50 bits per heavy atom. The molecular formula is C29H26N2O3. The van der Waals surface area contributed by atoms with E-state index in [0.717, 1.165) is 34.2 Å². The fraction of sp³-hybridized carbons (Fsp3) is 0.172. The predicted molar refractivity (Wildman–Crippen MR) is 135 cm³/mol. The van der Waals surface area contributed by atoms with Gasteiger partial charge >= 0.3 is 0 Å². The van der Waals surface area contributed by atoms with Gasteiger partial charge in [-0.1, -0.05) is 61.5 Å². The van der Waals surface area contributed by atoms with Gasteiger partial charge in [0, 0.05) is 29.7 Å². The van der Waals surface area contributed by atoms with Crippen molar-refractivity contribution in [3.63, 3.8) is 0 Å². The smallest absolute Gasteiger partial charge is 0.229 e. The van der Waals surface area contributed by atoms with Crippen LogP contribution < -0.4 is 15.0 Å². The molecule has 1 N–H and O–H groups in total. The number of nitrogens with zero attached hydrogens (tertiary/aromatic N) is 1.